The molecule has 0 saturated carbocycles. The van der Waals surface area contributed by atoms with Crippen LogP contribution in [0.5, 0.6) is 0 Å². The first kappa shape index (κ1) is 12.1. The lowest BCUT2D eigenvalue weighted by Gasteiger charge is -2.08. The molecule has 0 fully saturated rings. The van der Waals surface area contributed by atoms with Gasteiger partial charge >= 0.3 is 0 Å². The molecule has 0 aliphatic rings. The van der Waals surface area contributed by atoms with Crippen LogP contribution in [0.3, 0.4) is 0 Å². The summed E-state index contributed by atoms with van der Waals surface area (Å²) in [6.07, 6.45) is 8.05. The van der Waals surface area contributed by atoms with Crippen LogP contribution in [0.15, 0.2) is 18.2 Å². The highest BCUT2D eigenvalue weighted by Crippen LogP contribution is 2.16. The number of nitrogens with one attached hydrogen (secondary N) is 1. The second kappa shape index (κ2) is 6.53. The quantitative estimate of drug-likeness (QED) is 0.601. The number of rotatable bonds is 5. The molecular formula is C14H16N2. The summed E-state index contributed by atoms with van der Waals surface area (Å²) >= 11 is 0. The number of unbranched alkanes of at least 4 members (excludes halogenated alkanes) is 2. The summed E-state index contributed by atoms with van der Waals surface area (Å²) in [6, 6.07) is 8.04. The second-order valence-electron chi connectivity index (χ2n) is 3.75. The van der Waals surface area contributed by atoms with Crippen molar-refractivity contribution >= 4 is 5.69 Å². The van der Waals surface area contributed by atoms with Gasteiger partial charge in [0.1, 0.15) is 6.07 Å². The van der Waals surface area contributed by atoms with E-state index in [0.717, 1.165) is 37.1 Å². The fourth-order valence-corrected chi connectivity index (χ4v) is 1.48. The number of nitrogens with zero attached hydrogens (tertiary/aromatic N) is 1. The van der Waals surface area contributed by atoms with Gasteiger partial charge in [-0.25, -0.2) is 0 Å². The lowest BCUT2D eigenvalue weighted by Crippen LogP contribution is -2.03. The molecule has 2 nitrogen and oxygen atoms in total. The fraction of sp³-hybridized carbons (Fsp3) is 0.357. The third-order valence-electron chi connectivity index (χ3n) is 2.36. The van der Waals surface area contributed by atoms with Gasteiger partial charge in [-0.05, 0) is 37.5 Å². The molecule has 0 saturated heterocycles. The number of terminal acetylenes is 1. The van der Waals surface area contributed by atoms with Gasteiger partial charge in [-0.3, -0.25) is 0 Å². The molecule has 82 valence electrons. The van der Waals surface area contributed by atoms with E-state index in [0.29, 0.717) is 5.56 Å². The van der Waals surface area contributed by atoms with Crippen molar-refractivity contribution in [2.75, 3.05) is 11.9 Å². The maximum absolute atomic E-state index is 8.97. The van der Waals surface area contributed by atoms with E-state index in [1.54, 1.807) is 0 Å². The molecule has 0 radical (unpaired) electrons. The third-order valence-corrected chi connectivity index (χ3v) is 2.36. The van der Waals surface area contributed by atoms with Crippen LogP contribution in [0.25, 0.3) is 0 Å². The maximum atomic E-state index is 8.97. The molecule has 1 aromatic rings. The number of benzene rings is 1. The molecule has 1 rings (SSSR count). The molecule has 16 heavy (non-hydrogen) atoms. The minimum absolute atomic E-state index is 0.706. The Kier molecular flexibility index (Phi) is 4.96. The monoisotopic (exact) mass is 212 g/mol. The van der Waals surface area contributed by atoms with Gasteiger partial charge in [-0.2, -0.15) is 5.26 Å². The molecule has 0 heterocycles. The Hall–Kier alpha value is -1.93. The summed E-state index contributed by atoms with van der Waals surface area (Å²) in [4.78, 5) is 0. The summed E-state index contributed by atoms with van der Waals surface area (Å²) in [5.74, 6) is 2.62. The predicted octanol–water partition coefficient (Wildman–Crippen LogP) is 3.08. The normalized spacial score (nSPS) is 9.19. The van der Waals surface area contributed by atoms with Crippen LogP contribution in [0.1, 0.15) is 30.4 Å². The number of aryl methyl sites for hydroxylation is 1. The predicted molar refractivity (Wildman–Crippen MR) is 67.1 cm³/mol. The van der Waals surface area contributed by atoms with Gasteiger partial charge < -0.3 is 5.32 Å². The van der Waals surface area contributed by atoms with E-state index in [1.807, 2.05) is 25.1 Å². The zero-order chi connectivity index (χ0) is 11.8. The largest absolute Gasteiger partial charge is 0.384 e. The van der Waals surface area contributed by atoms with Gasteiger partial charge in [-0.1, -0.05) is 6.07 Å². The molecular weight excluding hydrogens is 196 g/mol. The van der Waals surface area contributed by atoms with Crippen molar-refractivity contribution < 1.29 is 0 Å². The molecule has 0 aliphatic carbocycles. The molecule has 2 heteroatoms. The number of anilines is 1. The van der Waals surface area contributed by atoms with Crippen LogP contribution >= 0.6 is 0 Å². The first-order chi connectivity index (χ1) is 7.77. The van der Waals surface area contributed by atoms with Crippen LogP contribution in [-0.4, -0.2) is 6.54 Å². The standard InChI is InChI=1S/C14H16N2/c1-3-4-5-6-9-16-14-8-7-12(2)10-13(14)11-15/h1,7-8,10,16H,4-6,9H2,2H3. The first-order valence-corrected chi connectivity index (χ1v) is 5.46. The highest BCUT2D eigenvalue weighted by molar-refractivity contribution is 5.58. The Morgan fingerprint density at radius 2 is 2.19 bits per heavy atom. The maximum Gasteiger partial charge on any atom is 0.101 e. The fourth-order valence-electron chi connectivity index (χ4n) is 1.48. The van der Waals surface area contributed by atoms with E-state index in [2.05, 4.69) is 17.3 Å². The molecule has 0 unspecified atom stereocenters. The topological polar surface area (TPSA) is 35.8 Å². The summed E-state index contributed by atoms with van der Waals surface area (Å²) in [6.45, 7) is 2.84. The summed E-state index contributed by atoms with van der Waals surface area (Å²) in [7, 11) is 0. The first-order valence-electron chi connectivity index (χ1n) is 5.46. The smallest absolute Gasteiger partial charge is 0.101 e. The molecule has 0 atom stereocenters. The van der Waals surface area contributed by atoms with Crippen molar-refractivity contribution in [3.63, 3.8) is 0 Å². The van der Waals surface area contributed by atoms with Crippen molar-refractivity contribution in [2.24, 2.45) is 0 Å². The van der Waals surface area contributed by atoms with Crippen LogP contribution < -0.4 is 5.32 Å². The van der Waals surface area contributed by atoms with E-state index in [1.165, 1.54) is 0 Å². The summed E-state index contributed by atoms with van der Waals surface area (Å²) in [5.41, 5.74) is 2.72. The van der Waals surface area contributed by atoms with Crippen molar-refractivity contribution in [3.05, 3.63) is 29.3 Å². The molecule has 0 bridgehead atoms. The Balaban J connectivity index is 2.48. The van der Waals surface area contributed by atoms with E-state index < -0.39 is 0 Å². The van der Waals surface area contributed by atoms with Gasteiger partial charge in [0, 0.05) is 13.0 Å². The SMILES string of the molecule is C#CCCCCNc1ccc(C)cc1C#N. The van der Waals surface area contributed by atoms with E-state index >= 15 is 0 Å². The van der Waals surface area contributed by atoms with Gasteiger partial charge in [-0.15, -0.1) is 12.3 Å². The Labute approximate surface area is 97.3 Å². The third kappa shape index (κ3) is 3.67. The highest BCUT2D eigenvalue weighted by Gasteiger charge is 2.00. The zero-order valence-corrected chi connectivity index (χ0v) is 9.59. The minimum Gasteiger partial charge on any atom is -0.384 e. The molecule has 0 spiro atoms. The molecule has 1 aromatic carbocycles. The van der Waals surface area contributed by atoms with E-state index in [9.17, 15) is 0 Å². The lowest BCUT2D eigenvalue weighted by atomic mass is 10.1. The average molecular weight is 212 g/mol. The van der Waals surface area contributed by atoms with Gasteiger partial charge in [0.25, 0.3) is 0 Å². The minimum atomic E-state index is 0.706. The molecule has 0 amide bonds. The number of nitriles is 1. The Morgan fingerprint density at radius 3 is 2.88 bits per heavy atom. The molecule has 0 aliphatic heterocycles. The van der Waals surface area contributed by atoms with Crippen LogP contribution in [0.4, 0.5) is 5.69 Å². The van der Waals surface area contributed by atoms with Gasteiger partial charge in [0.2, 0.25) is 0 Å². The molecule has 1 N–H and O–H groups in total. The highest BCUT2D eigenvalue weighted by atomic mass is 14.9. The zero-order valence-electron chi connectivity index (χ0n) is 9.59. The van der Waals surface area contributed by atoms with Gasteiger partial charge in [0.15, 0.2) is 0 Å². The lowest BCUT2D eigenvalue weighted by molar-refractivity contribution is 0.789. The van der Waals surface area contributed by atoms with Gasteiger partial charge in [0.05, 0.1) is 11.3 Å². The Bertz CT molecular complexity index is 421. The van der Waals surface area contributed by atoms with Crippen LogP contribution in [-0.2, 0) is 0 Å². The van der Waals surface area contributed by atoms with Crippen LogP contribution in [0.2, 0.25) is 0 Å². The van der Waals surface area contributed by atoms with E-state index in [-0.39, 0.29) is 0 Å². The van der Waals surface area contributed by atoms with Crippen molar-refractivity contribution in [1.29, 1.82) is 5.26 Å². The van der Waals surface area contributed by atoms with Crippen LogP contribution in [0, 0.1) is 30.6 Å². The molecule has 0 aromatic heterocycles. The second-order valence-corrected chi connectivity index (χ2v) is 3.75. The van der Waals surface area contributed by atoms with Crippen molar-refractivity contribution in [2.45, 2.75) is 26.2 Å². The average Bonchev–Trinajstić information content (AvgIpc) is 2.30. The van der Waals surface area contributed by atoms with E-state index in [4.69, 9.17) is 11.7 Å². The summed E-state index contributed by atoms with van der Waals surface area (Å²) < 4.78 is 0. The number of hydrogen-bond acceptors (Lipinski definition) is 2. The Morgan fingerprint density at radius 1 is 1.38 bits per heavy atom. The number of hydrogen-bond donors (Lipinski definition) is 1. The van der Waals surface area contributed by atoms with Crippen molar-refractivity contribution in [1.82, 2.24) is 0 Å². The van der Waals surface area contributed by atoms with Crippen molar-refractivity contribution in [3.8, 4) is 18.4 Å². The summed E-state index contributed by atoms with van der Waals surface area (Å²) in [5, 5.41) is 12.2.